The van der Waals surface area contributed by atoms with Crippen LogP contribution in [0.2, 0.25) is 0 Å². The fourth-order valence-corrected chi connectivity index (χ4v) is 3.48. The van der Waals surface area contributed by atoms with Gasteiger partial charge >= 0.3 is 0 Å². The Labute approximate surface area is 171 Å². The van der Waals surface area contributed by atoms with E-state index in [1.54, 1.807) is 22.9 Å². The number of ether oxygens (including phenoxy) is 1. The normalized spacial score (nSPS) is 15.7. The molecule has 7 nitrogen and oxygen atoms in total. The molecule has 0 bridgehead atoms. The van der Waals surface area contributed by atoms with Crippen molar-refractivity contribution in [2.75, 3.05) is 26.2 Å². The zero-order valence-corrected chi connectivity index (χ0v) is 17.2. The Kier molecular flexibility index (Phi) is 6.80. The van der Waals surface area contributed by atoms with Crippen molar-refractivity contribution in [3.05, 3.63) is 54.1 Å². The van der Waals surface area contributed by atoms with E-state index in [4.69, 9.17) is 4.74 Å². The molecule has 0 saturated carbocycles. The Morgan fingerprint density at radius 2 is 1.72 bits per heavy atom. The fourth-order valence-electron chi connectivity index (χ4n) is 3.48. The minimum absolute atomic E-state index is 0.0580. The maximum absolute atomic E-state index is 13.0. The molecule has 154 valence electrons. The van der Waals surface area contributed by atoms with Gasteiger partial charge in [-0.15, -0.1) is 0 Å². The van der Waals surface area contributed by atoms with E-state index in [-0.39, 0.29) is 11.8 Å². The lowest BCUT2D eigenvalue weighted by Gasteiger charge is -2.26. The molecule has 0 radical (unpaired) electrons. The van der Waals surface area contributed by atoms with Crippen LogP contribution >= 0.6 is 0 Å². The monoisotopic (exact) mass is 396 g/mol. The zero-order valence-electron chi connectivity index (χ0n) is 17.2. The van der Waals surface area contributed by atoms with Gasteiger partial charge in [0, 0.05) is 38.6 Å². The van der Waals surface area contributed by atoms with Crippen LogP contribution in [0.25, 0.3) is 0 Å². The van der Waals surface area contributed by atoms with Crippen molar-refractivity contribution in [1.82, 2.24) is 19.8 Å². The van der Waals surface area contributed by atoms with Crippen molar-refractivity contribution < 1.29 is 14.3 Å². The van der Waals surface area contributed by atoms with Crippen LogP contribution in [0.5, 0.6) is 5.75 Å². The first-order chi connectivity index (χ1) is 14.0. The van der Waals surface area contributed by atoms with E-state index in [9.17, 15) is 9.59 Å². The summed E-state index contributed by atoms with van der Waals surface area (Å²) < 4.78 is 6.02. The number of hydrogen-bond acceptors (Lipinski definition) is 5. The number of carbonyl (C=O) groups excluding carboxylic acids is 2. The third-order valence-electron chi connectivity index (χ3n) is 5.07. The molecular weight excluding hydrogens is 368 g/mol. The van der Waals surface area contributed by atoms with Crippen LogP contribution < -0.4 is 4.74 Å². The molecule has 1 atom stereocenters. The molecular formula is C22H28N4O3. The topological polar surface area (TPSA) is 75.6 Å². The minimum Gasteiger partial charge on any atom is -0.481 e. The number of benzene rings is 1. The van der Waals surface area contributed by atoms with E-state index in [2.05, 4.69) is 23.8 Å². The number of nitrogens with zero attached hydrogens (tertiary/aromatic N) is 4. The van der Waals surface area contributed by atoms with Crippen LogP contribution in [0.3, 0.4) is 0 Å². The Morgan fingerprint density at radius 3 is 2.45 bits per heavy atom. The number of carbonyl (C=O) groups is 2. The molecule has 29 heavy (non-hydrogen) atoms. The largest absolute Gasteiger partial charge is 0.481 e. The lowest BCUT2D eigenvalue weighted by Crippen LogP contribution is -2.43. The molecule has 1 aliphatic heterocycles. The van der Waals surface area contributed by atoms with Gasteiger partial charge in [0.25, 0.3) is 11.8 Å². The molecule has 1 fully saturated rings. The van der Waals surface area contributed by atoms with Crippen molar-refractivity contribution in [1.29, 1.82) is 0 Å². The summed E-state index contributed by atoms with van der Waals surface area (Å²) in [6.45, 7) is 8.12. The number of hydrogen-bond donors (Lipinski definition) is 0. The summed E-state index contributed by atoms with van der Waals surface area (Å²) in [6.07, 6.45) is 4.65. The van der Waals surface area contributed by atoms with Gasteiger partial charge in [-0.25, -0.2) is 4.98 Å². The van der Waals surface area contributed by atoms with Crippen LogP contribution in [0.4, 0.5) is 0 Å². The molecule has 1 aliphatic rings. The van der Waals surface area contributed by atoms with Gasteiger partial charge in [0.2, 0.25) is 0 Å². The lowest BCUT2D eigenvalue weighted by atomic mass is 10.0. The molecule has 1 aromatic heterocycles. The second-order valence-corrected chi connectivity index (χ2v) is 7.51. The summed E-state index contributed by atoms with van der Waals surface area (Å²) in [5, 5.41) is 0. The fraction of sp³-hybridized carbons (Fsp3) is 0.455. The summed E-state index contributed by atoms with van der Waals surface area (Å²) in [4.78, 5) is 37.1. The second-order valence-electron chi connectivity index (χ2n) is 7.51. The molecule has 1 saturated heterocycles. The van der Waals surface area contributed by atoms with Gasteiger partial charge in [-0.05, 0) is 30.9 Å². The van der Waals surface area contributed by atoms with Crippen molar-refractivity contribution in [3.8, 4) is 5.75 Å². The molecule has 0 N–H and O–H groups in total. The molecule has 1 aromatic carbocycles. The van der Waals surface area contributed by atoms with Crippen molar-refractivity contribution in [2.45, 2.75) is 39.2 Å². The molecule has 2 amide bonds. The molecule has 1 unspecified atom stereocenters. The Hall–Kier alpha value is -2.96. The predicted octanol–water partition coefficient (Wildman–Crippen LogP) is 2.74. The van der Waals surface area contributed by atoms with E-state index in [1.165, 1.54) is 12.4 Å². The van der Waals surface area contributed by atoms with Gasteiger partial charge in [-0.2, -0.15) is 0 Å². The highest BCUT2D eigenvalue weighted by Gasteiger charge is 2.27. The summed E-state index contributed by atoms with van der Waals surface area (Å²) in [7, 11) is 0. The average molecular weight is 396 g/mol. The quantitative estimate of drug-likeness (QED) is 0.777. The van der Waals surface area contributed by atoms with Gasteiger partial charge in [0.1, 0.15) is 11.4 Å². The molecule has 3 rings (SSSR count). The third kappa shape index (κ3) is 5.10. The average Bonchev–Trinajstić information content (AvgIpc) is 2.99. The summed E-state index contributed by atoms with van der Waals surface area (Å²) >= 11 is 0. The highest BCUT2D eigenvalue weighted by molar-refractivity contribution is 5.92. The molecule has 2 aromatic rings. The molecule has 0 aliphatic carbocycles. The van der Waals surface area contributed by atoms with Crippen LogP contribution in [-0.2, 0) is 4.79 Å². The van der Waals surface area contributed by atoms with E-state index >= 15 is 0 Å². The Balaban J connectivity index is 1.61. The van der Waals surface area contributed by atoms with Crippen LogP contribution in [0, 0.1) is 0 Å². The molecule has 0 spiro atoms. The van der Waals surface area contributed by atoms with Gasteiger partial charge in [-0.1, -0.05) is 32.0 Å². The first kappa shape index (κ1) is 20.8. The van der Waals surface area contributed by atoms with E-state index in [0.717, 1.165) is 11.3 Å². The van der Waals surface area contributed by atoms with Crippen molar-refractivity contribution >= 4 is 11.8 Å². The first-order valence-corrected chi connectivity index (χ1v) is 10.1. The van der Waals surface area contributed by atoms with Crippen molar-refractivity contribution in [3.63, 3.8) is 0 Å². The van der Waals surface area contributed by atoms with Gasteiger partial charge < -0.3 is 14.5 Å². The Morgan fingerprint density at radius 1 is 1.00 bits per heavy atom. The molecule has 7 heteroatoms. The zero-order chi connectivity index (χ0) is 20.8. The van der Waals surface area contributed by atoms with E-state index in [0.29, 0.717) is 44.2 Å². The predicted molar refractivity (Wildman–Crippen MR) is 110 cm³/mol. The SMILES string of the molecule is CC(Oc1ccccc1C(C)C)C(=O)N1CCCN(C(=O)c2cnccn2)CC1. The first-order valence-electron chi connectivity index (χ1n) is 10.1. The lowest BCUT2D eigenvalue weighted by molar-refractivity contribution is -0.137. The maximum Gasteiger partial charge on any atom is 0.274 e. The number of rotatable bonds is 5. The second kappa shape index (κ2) is 9.49. The van der Waals surface area contributed by atoms with Gasteiger partial charge in [0.15, 0.2) is 6.10 Å². The smallest absolute Gasteiger partial charge is 0.274 e. The van der Waals surface area contributed by atoms with Crippen LogP contribution in [-0.4, -0.2) is 63.9 Å². The number of para-hydroxylation sites is 1. The summed E-state index contributed by atoms with van der Waals surface area (Å²) in [5.74, 6) is 0.852. The highest BCUT2D eigenvalue weighted by Crippen LogP contribution is 2.27. The van der Waals surface area contributed by atoms with Gasteiger partial charge in [0.05, 0.1) is 6.20 Å². The van der Waals surface area contributed by atoms with Crippen LogP contribution in [0.15, 0.2) is 42.9 Å². The summed E-state index contributed by atoms with van der Waals surface area (Å²) in [6, 6.07) is 7.83. The third-order valence-corrected chi connectivity index (χ3v) is 5.07. The van der Waals surface area contributed by atoms with Crippen LogP contribution in [0.1, 0.15) is 49.2 Å². The van der Waals surface area contributed by atoms with Crippen molar-refractivity contribution in [2.24, 2.45) is 0 Å². The highest BCUT2D eigenvalue weighted by atomic mass is 16.5. The van der Waals surface area contributed by atoms with E-state index in [1.807, 2.05) is 24.3 Å². The molecule has 2 heterocycles. The maximum atomic E-state index is 13.0. The standard InChI is InChI=1S/C22H28N4O3/c1-16(2)18-7-4-5-8-20(18)29-17(3)21(27)25-11-6-12-26(14-13-25)22(28)19-15-23-9-10-24-19/h4-5,7-10,15-17H,6,11-14H2,1-3H3. The number of aromatic nitrogens is 2. The number of amides is 2. The van der Waals surface area contributed by atoms with Gasteiger partial charge in [-0.3, -0.25) is 14.6 Å². The minimum atomic E-state index is -0.586. The van der Waals surface area contributed by atoms with E-state index < -0.39 is 6.10 Å². The Bertz CT molecular complexity index is 841. The summed E-state index contributed by atoms with van der Waals surface area (Å²) in [5.41, 5.74) is 1.41.